The van der Waals surface area contributed by atoms with E-state index in [0.717, 1.165) is 4.90 Å². The van der Waals surface area contributed by atoms with Gasteiger partial charge in [0, 0.05) is 25.4 Å². The van der Waals surface area contributed by atoms with Crippen LogP contribution >= 0.6 is 0 Å². The molecule has 220 valence electrons. The van der Waals surface area contributed by atoms with Gasteiger partial charge in [-0.25, -0.2) is 13.1 Å². The Morgan fingerprint density at radius 3 is 2.36 bits per heavy atom. The number of rotatable bonds is 15. The van der Waals surface area contributed by atoms with Gasteiger partial charge in [-0.1, -0.05) is 20.8 Å². The van der Waals surface area contributed by atoms with Gasteiger partial charge in [0.15, 0.2) is 11.7 Å². The number of amides is 3. The largest absolute Gasteiger partial charge is 0.370 e. The minimum Gasteiger partial charge on any atom is -0.370 e. The maximum Gasteiger partial charge on any atom is 0.240 e. The van der Waals surface area contributed by atoms with Gasteiger partial charge in [-0.15, -0.1) is 0 Å². The molecule has 0 aromatic rings. The number of hydrogen-bond donors (Lipinski definition) is 6. The van der Waals surface area contributed by atoms with Crippen LogP contribution in [0.1, 0.15) is 59.3 Å². The standard InChI is InChI=1S/C24H41N7O7S/c1-23(2)15-9-10-24(23,3)20(35)19(15)39(37,38)30-16(7-8-17(25)33)21(36)31(4)12-18(34)29-14(13-32)6-5-11-28-22(26)27/h13-16,19,30H,5-12H2,1-4H3,(H2,25,33)(H,29,34)(H4,26,27,28)/t14-,15?,16?,19?,24?/m1/s1. The van der Waals surface area contributed by atoms with Crippen LogP contribution < -0.4 is 26.8 Å². The molecule has 5 atom stereocenters. The molecule has 39 heavy (non-hydrogen) atoms. The lowest BCUT2D eigenvalue weighted by atomic mass is 9.70. The molecule has 2 saturated carbocycles. The molecule has 3 amide bonds. The van der Waals surface area contributed by atoms with Crippen LogP contribution in [-0.2, 0) is 34.0 Å². The van der Waals surface area contributed by atoms with Crippen molar-refractivity contribution in [2.75, 3.05) is 20.1 Å². The highest BCUT2D eigenvalue weighted by molar-refractivity contribution is 7.91. The lowest BCUT2D eigenvalue weighted by Crippen LogP contribution is -2.54. The Labute approximate surface area is 228 Å². The molecule has 8 N–H and O–H groups in total. The number of ketones is 1. The van der Waals surface area contributed by atoms with E-state index in [1.54, 1.807) is 6.92 Å². The van der Waals surface area contributed by atoms with Gasteiger partial charge < -0.3 is 31.8 Å². The van der Waals surface area contributed by atoms with Crippen LogP contribution in [0.15, 0.2) is 0 Å². The summed E-state index contributed by atoms with van der Waals surface area (Å²) >= 11 is 0. The van der Waals surface area contributed by atoms with Crippen molar-refractivity contribution in [2.45, 2.75) is 76.6 Å². The van der Waals surface area contributed by atoms with Crippen molar-refractivity contribution >= 4 is 45.8 Å². The van der Waals surface area contributed by atoms with Crippen molar-refractivity contribution in [1.82, 2.24) is 20.3 Å². The molecule has 4 unspecified atom stereocenters. The van der Waals surface area contributed by atoms with Gasteiger partial charge in [-0.3, -0.25) is 24.6 Å². The fourth-order valence-corrected chi connectivity index (χ4v) is 7.90. The van der Waals surface area contributed by atoms with E-state index in [1.165, 1.54) is 7.05 Å². The second-order valence-electron chi connectivity index (χ2n) is 11.2. The van der Waals surface area contributed by atoms with Crippen LogP contribution in [0, 0.1) is 22.2 Å². The molecule has 2 aliphatic rings. The average Bonchev–Trinajstić information content (AvgIpc) is 3.15. The van der Waals surface area contributed by atoms with Crippen LogP contribution in [0.5, 0.6) is 0 Å². The fourth-order valence-electron chi connectivity index (χ4n) is 5.68. The Morgan fingerprint density at radius 1 is 1.21 bits per heavy atom. The van der Waals surface area contributed by atoms with E-state index < -0.39 is 68.4 Å². The molecule has 0 saturated heterocycles. The number of primary amides is 1. The van der Waals surface area contributed by atoms with Crippen LogP contribution in [0.3, 0.4) is 0 Å². The number of sulfonamides is 1. The highest BCUT2D eigenvalue weighted by Crippen LogP contribution is 2.64. The Morgan fingerprint density at radius 2 is 1.85 bits per heavy atom. The van der Waals surface area contributed by atoms with E-state index in [-0.39, 0.29) is 31.0 Å². The van der Waals surface area contributed by atoms with Crippen molar-refractivity contribution in [2.24, 2.45) is 28.2 Å². The van der Waals surface area contributed by atoms with Gasteiger partial charge >= 0.3 is 0 Å². The molecular formula is C24H41N7O7S. The zero-order chi connectivity index (χ0) is 29.8. The summed E-state index contributed by atoms with van der Waals surface area (Å²) in [6, 6.07) is -2.27. The first-order chi connectivity index (χ1) is 18.0. The lowest BCUT2D eigenvalue weighted by Gasteiger charge is -2.32. The molecular weight excluding hydrogens is 530 g/mol. The predicted octanol–water partition coefficient (Wildman–Crippen LogP) is -1.66. The summed E-state index contributed by atoms with van der Waals surface area (Å²) in [7, 11) is -3.04. The van der Waals surface area contributed by atoms with E-state index in [0.29, 0.717) is 32.1 Å². The quantitative estimate of drug-likeness (QED) is 0.0570. The van der Waals surface area contributed by atoms with Crippen LogP contribution in [-0.4, -0.2) is 86.5 Å². The van der Waals surface area contributed by atoms with Crippen molar-refractivity contribution in [1.29, 1.82) is 5.41 Å². The van der Waals surface area contributed by atoms with Crippen LogP contribution in [0.4, 0.5) is 0 Å². The molecule has 0 spiro atoms. The zero-order valence-corrected chi connectivity index (χ0v) is 23.7. The maximum atomic E-state index is 13.5. The first-order valence-electron chi connectivity index (χ1n) is 12.9. The smallest absolute Gasteiger partial charge is 0.240 e. The topological polar surface area (TPSA) is 235 Å². The summed E-state index contributed by atoms with van der Waals surface area (Å²) in [6.07, 6.45) is 1.84. The molecule has 0 aromatic heterocycles. The first-order valence-corrected chi connectivity index (χ1v) is 14.4. The molecule has 2 fully saturated rings. The molecule has 14 nitrogen and oxygen atoms in total. The van der Waals surface area contributed by atoms with E-state index in [1.807, 2.05) is 13.8 Å². The number of Topliss-reactive ketones (excluding diaryl/α,β-unsaturated/α-hetero) is 1. The van der Waals surface area contributed by atoms with Gasteiger partial charge in [-0.05, 0) is 43.4 Å². The zero-order valence-electron chi connectivity index (χ0n) is 22.9. The van der Waals surface area contributed by atoms with Crippen molar-refractivity contribution in [3.63, 3.8) is 0 Å². The van der Waals surface area contributed by atoms with Crippen molar-refractivity contribution in [3.05, 3.63) is 0 Å². The number of guanidine groups is 1. The summed E-state index contributed by atoms with van der Waals surface area (Å²) in [6.45, 7) is 5.38. The summed E-state index contributed by atoms with van der Waals surface area (Å²) < 4.78 is 29.3. The van der Waals surface area contributed by atoms with Gasteiger partial charge in [0.1, 0.15) is 17.6 Å². The van der Waals surface area contributed by atoms with Crippen LogP contribution in [0.25, 0.3) is 0 Å². The number of fused-ring (bicyclic) bond motifs is 2. The summed E-state index contributed by atoms with van der Waals surface area (Å²) in [4.78, 5) is 62.7. The molecule has 2 aliphatic carbocycles. The number of hydrogen-bond acceptors (Lipinski definition) is 8. The summed E-state index contributed by atoms with van der Waals surface area (Å²) in [5, 5.41) is 10.9. The number of nitrogens with two attached hydrogens (primary N) is 2. The van der Waals surface area contributed by atoms with Crippen molar-refractivity contribution in [3.8, 4) is 0 Å². The molecule has 0 aromatic carbocycles. The summed E-state index contributed by atoms with van der Waals surface area (Å²) in [5.41, 5.74) is 9.09. The Bertz CT molecular complexity index is 1110. The minimum absolute atomic E-state index is 0.217. The summed E-state index contributed by atoms with van der Waals surface area (Å²) in [5.74, 6) is -3.21. The monoisotopic (exact) mass is 571 g/mol. The first kappa shape index (κ1) is 32.1. The van der Waals surface area contributed by atoms with Crippen LogP contribution in [0.2, 0.25) is 0 Å². The van der Waals surface area contributed by atoms with Gasteiger partial charge in [0.25, 0.3) is 0 Å². The second-order valence-corrected chi connectivity index (χ2v) is 13.0. The number of nitrogens with one attached hydrogen (secondary N) is 4. The van der Waals surface area contributed by atoms with E-state index in [2.05, 4.69) is 15.4 Å². The number of nitrogens with zero attached hydrogens (tertiary/aromatic N) is 1. The maximum absolute atomic E-state index is 13.5. The number of carbonyl (C=O) groups excluding carboxylic acids is 5. The minimum atomic E-state index is -4.32. The predicted molar refractivity (Wildman–Crippen MR) is 142 cm³/mol. The number of carbonyl (C=O) groups is 5. The third-order valence-electron chi connectivity index (χ3n) is 8.37. The molecule has 15 heteroatoms. The Kier molecular flexibility index (Phi) is 10.2. The molecule has 0 aliphatic heterocycles. The number of likely N-dealkylation sites (N-methyl/N-ethyl adjacent to an activating group) is 1. The van der Waals surface area contributed by atoms with Gasteiger partial charge in [0.2, 0.25) is 27.7 Å². The van der Waals surface area contributed by atoms with Gasteiger partial charge in [-0.2, -0.15) is 0 Å². The number of aldehydes is 1. The molecule has 2 rings (SSSR count). The van der Waals surface area contributed by atoms with E-state index in [9.17, 15) is 32.4 Å². The van der Waals surface area contributed by atoms with E-state index >= 15 is 0 Å². The highest BCUT2D eigenvalue weighted by Gasteiger charge is 2.69. The Hall–Kier alpha value is -3.07. The third-order valence-corrected chi connectivity index (χ3v) is 10.2. The SMILES string of the molecule is CN(CC(=O)N[C@@H](C=O)CCCNC(=N)N)C(=O)C(CCC(N)=O)NS(=O)(=O)C1C(=O)C2(C)CCC1C2(C)C. The fraction of sp³-hybridized carbons (Fsp3) is 0.750. The molecule has 2 bridgehead atoms. The average molecular weight is 572 g/mol. The lowest BCUT2D eigenvalue weighted by molar-refractivity contribution is -0.136. The third kappa shape index (κ3) is 7.12. The normalized spacial score (nSPS) is 25.0. The Balaban J connectivity index is 2.09. The molecule has 0 radical (unpaired) electrons. The van der Waals surface area contributed by atoms with Gasteiger partial charge in [0.05, 0.1) is 12.6 Å². The highest BCUT2D eigenvalue weighted by atomic mass is 32.2. The second kappa shape index (κ2) is 12.4. The van der Waals surface area contributed by atoms with E-state index in [4.69, 9.17) is 16.9 Å². The molecule has 0 heterocycles. The van der Waals surface area contributed by atoms with Crippen molar-refractivity contribution < 1.29 is 32.4 Å².